The van der Waals surface area contributed by atoms with Crippen LogP contribution in [0, 0.1) is 6.92 Å². The lowest BCUT2D eigenvalue weighted by Gasteiger charge is -2.22. The molecule has 25 heavy (non-hydrogen) atoms. The van der Waals surface area contributed by atoms with Crippen molar-refractivity contribution in [1.82, 2.24) is 9.38 Å². The number of aryl methyl sites for hydroxylation is 1. The Bertz CT molecular complexity index is 881. The minimum absolute atomic E-state index is 0.872. The van der Waals surface area contributed by atoms with Gasteiger partial charge in [0.1, 0.15) is 49.8 Å². The summed E-state index contributed by atoms with van der Waals surface area (Å²) in [5.41, 5.74) is 5.76. The second-order valence-corrected chi connectivity index (χ2v) is 6.87. The van der Waals surface area contributed by atoms with Gasteiger partial charge in [-0.15, -0.1) is 0 Å². The Balaban J connectivity index is 1.82. The molecule has 0 saturated carbocycles. The highest BCUT2D eigenvalue weighted by atomic mass is 16.5. The van der Waals surface area contributed by atoms with Crippen LogP contribution in [-0.4, -0.2) is 42.7 Å². The predicted octanol–water partition coefficient (Wildman–Crippen LogP) is 0.280. The average Bonchev–Trinajstić information content (AvgIpc) is 3.00. The standard InChI is InChI=1S/C20H24N4O/c1-15-6-7-19-22-20(16-4-3-5-17(12-16)25-2)18(24(19)13-15)14-23-10-8-21-9-11-23/h3-7,12-13,21H,8-11,14H2,1-2H3/p+2. The van der Waals surface area contributed by atoms with Gasteiger partial charge in [-0.2, -0.15) is 0 Å². The van der Waals surface area contributed by atoms with Gasteiger partial charge in [0.25, 0.3) is 0 Å². The van der Waals surface area contributed by atoms with E-state index in [9.17, 15) is 0 Å². The van der Waals surface area contributed by atoms with Gasteiger partial charge in [0, 0.05) is 11.8 Å². The maximum Gasteiger partial charge on any atom is 0.137 e. The van der Waals surface area contributed by atoms with Crippen LogP contribution < -0.4 is 15.0 Å². The fourth-order valence-corrected chi connectivity index (χ4v) is 3.67. The molecule has 1 fully saturated rings. The molecule has 5 nitrogen and oxygen atoms in total. The number of nitrogens with zero attached hydrogens (tertiary/aromatic N) is 2. The van der Waals surface area contributed by atoms with Gasteiger partial charge < -0.3 is 15.0 Å². The van der Waals surface area contributed by atoms with Crippen LogP contribution in [0.15, 0.2) is 42.6 Å². The minimum atomic E-state index is 0.872. The van der Waals surface area contributed by atoms with Gasteiger partial charge in [-0.1, -0.05) is 18.2 Å². The topological polar surface area (TPSA) is 47.6 Å². The van der Waals surface area contributed by atoms with Crippen LogP contribution in [0.2, 0.25) is 0 Å². The molecule has 4 rings (SSSR count). The number of pyridine rings is 1. The zero-order valence-corrected chi connectivity index (χ0v) is 15.0. The largest absolute Gasteiger partial charge is 0.497 e. The molecular formula is C20H26N4O+2. The molecule has 3 N–H and O–H groups in total. The van der Waals surface area contributed by atoms with Crippen molar-refractivity contribution in [2.24, 2.45) is 0 Å². The number of hydrogen-bond acceptors (Lipinski definition) is 2. The maximum atomic E-state index is 5.42. The third-order valence-electron chi connectivity index (χ3n) is 5.03. The number of hydrogen-bond donors (Lipinski definition) is 2. The van der Waals surface area contributed by atoms with Crippen LogP contribution in [0.3, 0.4) is 0 Å². The number of aromatic nitrogens is 2. The van der Waals surface area contributed by atoms with E-state index in [-0.39, 0.29) is 0 Å². The molecule has 130 valence electrons. The number of rotatable bonds is 4. The summed E-state index contributed by atoms with van der Waals surface area (Å²) in [5, 5.41) is 2.41. The molecule has 3 heterocycles. The van der Waals surface area contributed by atoms with Gasteiger partial charge in [-0.3, -0.25) is 4.40 Å². The van der Waals surface area contributed by atoms with Gasteiger partial charge in [0.2, 0.25) is 0 Å². The van der Waals surface area contributed by atoms with E-state index in [1.807, 2.05) is 12.1 Å². The van der Waals surface area contributed by atoms with Crippen LogP contribution in [-0.2, 0) is 6.54 Å². The predicted molar refractivity (Wildman–Crippen MR) is 98.0 cm³/mol. The zero-order valence-electron chi connectivity index (χ0n) is 15.0. The lowest BCUT2D eigenvalue weighted by Crippen LogP contribution is -3.19. The van der Waals surface area contributed by atoms with Gasteiger partial charge in [-0.05, 0) is 30.7 Å². The molecule has 0 spiro atoms. The summed E-state index contributed by atoms with van der Waals surface area (Å²) in [5.74, 6) is 0.872. The van der Waals surface area contributed by atoms with Crippen molar-refractivity contribution in [1.29, 1.82) is 0 Å². The number of methoxy groups -OCH3 is 1. The molecule has 1 saturated heterocycles. The molecule has 1 aromatic carbocycles. The molecule has 0 bridgehead atoms. The van der Waals surface area contributed by atoms with E-state index in [4.69, 9.17) is 9.72 Å². The van der Waals surface area contributed by atoms with Crippen LogP contribution in [0.5, 0.6) is 5.75 Å². The van der Waals surface area contributed by atoms with Crippen LogP contribution in [0.1, 0.15) is 11.3 Å². The Hall–Kier alpha value is -2.37. The first-order valence-electron chi connectivity index (χ1n) is 9.02. The monoisotopic (exact) mass is 338 g/mol. The number of fused-ring (bicyclic) bond motifs is 1. The third kappa shape index (κ3) is 3.25. The second-order valence-electron chi connectivity index (χ2n) is 6.87. The summed E-state index contributed by atoms with van der Waals surface area (Å²) in [6.07, 6.45) is 2.21. The molecule has 0 atom stereocenters. The summed E-state index contributed by atoms with van der Waals surface area (Å²) in [6, 6.07) is 12.5. The molecule has 0 radical (unpaired) electrons. The van der Waals surface area contributed by atoms with Crippen molar-refractivity contribution in [2.75, 3.05) is 33.3 Å². The first kappa shape index (κ1) is 16.1. The second kappa shape index (κ2) is 6.86. The highest BCUT2D eigenvalue weighted by Crippen LogP contribution is 2.27. The normalized spacial score (nSPS) is 15.6. The lowest BCUT2D eigenvalue weighted by molar-refractivity contribution is -0.958. The van der Waals surface area contributed by atoms with E-state index in [1.165, 1.54) is 37.4 Å². The fourth-order valence-electron chi connectivity index (χ4n) is 3.67. The number of imidazole rings is 1. The highest BCUT2D eigenvalue weighted by Gasteiger charge is 2.22. The number of benzene rings is 1. The Morgan fingerprint density at radius 2 is 2.04 bits per heavy atom. The van der Waals surface area contributed by atoms with E-state index in [2.05, 4.69) is 47.1 Å². The minimum Gasteiger partial charge on any atom is -0.497 e. The Kier molecular flexibility index (Phi) is 4.42. The summed E-state index contributed by atoms with van der Waals surface area (Å²) in [7, 11) is 1.71. The molecule has 0 aliphatic carbocycles. The van der Waals surface area contributed by atoms with Crippen molar-refractivity contribution < 1.29 is 15.0 Å². The molecule has 1 aliphatic heterocycles. The number of quaternary nitrogens is 2. The molecule has 3 aromatic rings. The Morgan fingerprint density at radius 1 is 1.20 bits per heavy atom. The summed E-state index contributed by atoms with van der Waals surface area (Å²) in [4.78, 5) is 6.59. The van der Waals surface area contributed by atoms with Crippen molar-refractivity contribution in [3.05, 3.63) is 53.9 Å². The van der Waals surface area contributed by atoms with Crippen LogP contribution in [0.25, 0.3) is 16.9 Å². The van der Waals surface area contributed by atoms with Crippen LogP contribution in [0.4, 0.5) is 0 Å². The fraction of sp³-hybridized carbons (Fsp3) is 0.350. The Morgan fingerprint density at radius 3 is 2.84 bits per heavy atom. The molecular weight excluding hydrogens is 312 g/mol. The highest BCUT2D eigenvalue weighted by molar-refractivity contribution is 5.68. The van der Waals surface area contributed by atoms with Crippen molar-refractivity contribution in [3.63, 3.8) is 0 Å². The van der Waals surface area contributed by atoms with Crippen LogP contribution >= 0.6 is 0 Å². The van der Waals surface area contributed by atoms with E-state index < -0.39 is 0 Å². The number of nitrogens with two attached hydrogens (primary N) is 1. The van der Waals surface area contributed by atoms with Crippen molar-refractivity contribution in [2.45, 2.75) is 13.5 Å². The molecule has 0 unspecified atom stereocenters. The number of piperazine rings is 1. The quantitative estimate of drug-likeness (QED) is 0.718. The smallest absolute Gasteiger partial charge is 0.137 e. The number of nitrogens with one attached hydrogen (secondary N) is 1. The first-order valence-corrected chi connectivity index (χ1v) is 9.02. The zero-order chi connectivity index (χ0) is 17.2. The SMILES string of the molecule is COc1cccc(-c2nc3ccc(C)cn3c2C[NH+]2CC[NH2+]CC2)c1. The molecule has 5 heteroatoms. The average molecular weight is 338 g/mol. The van der Waals surface area contributed by atoms with Crippen molar-refractivity contribution >= 4 is 5.65 Å². The van der Waals surface area contributed by atoms with Gasteiger partial charge in [0.15, 0.2) is 0 Å². The molecule has 2 aromatic heterocycles. The van der Waals surface area contributed by atoms with E-state index >= 15 is 0 Å². The Labute approximate surface area is 148 Å². The molecule has 0 amide bonds. The van der Waals surface area contributed by atoms with E-state index in [1.54, 1.807) is 12.0 Å². The van der Waals surface area contributed by atoms with Gasteiger partial charge >= 0.3 is 0 Å². The van der Waals surface area contributed by atoms with Crippen molar-refractivity contribution in [3.8, 4) is 17.0 Å². The maximum absolute atomic E-state index is 5.42. The van der Waals surface area contributed by atoms with E-state index in [0.717, 1.165) is 29.2 Å². The summed E-state index contributed by atoms with van der Waals surface area (Å²) >= 11 is 0. The summed E-state index contributed by atoms with van der Waals surface area (Å²) < 4.78 is 7.69. The van der Waals surface area contributed by atoms with Gasteiger partial charge in [-0.25, -0.2) is 4.98 Å². The lowest BCUT2D eigenvalue weighted by atomic mass is 10.1. The molecule has 1 aliphatic rings. The van der Waals surface area contributed by atoms with E-state index in [0.29, 0.717) is 0 Å². The number of ether oxygens (including phenoxy) is 1. The first-order chi connectivity index (χ1) is 12.2. The summed E-state index contributed by atoms with van der Waals surface area (Å²) in [6.45, 7) is 7.97. The third-order valence-corrected chi connectivity index (χ3v) is 5.03. The van der Waals surface area contributed by atoms with Gasteiger partial charge in [0.05, 0.1) is 12.8 Å².